The van der Waals surface area contributed by atoms with E-state index < -0.39 is 11.7 Å². The molecule has 2 aromatic carbocycles. The van der Waals surface area contributed by atoms with E-state index in [9.17, 15) is 9.18 Å². The van der Waals surface area contributed by atoms with Gasteiger partial charge in [-0.3, -0.25) is 4.79 Å². The molecule has 0 radical (unpaired) electrons. The van der Waals surface area contributed by atoms with E-state index in [1.54, 1.807) is 10.7 Å². The van der Waals surface area contributed by atoms with Crippen LogP contribution in [0.2, 0.25) is 0 Å². The molecule has 122 valence electrons. The van der Waals surface area contributed by atoms with Crippen LogP contribution in [0.3, 0.4) is 0 Å². The third kappa shape index (κ3) is 3.23. The molecule has 0 atom stereocenters. The number of halogens is 2. The van der Waals surface area contributed by atoms with Gasteiger partial charge in [0.25, 0.3) is 5.91 Å². The Labute approximate surface area is 147 Å². The van der Waals surface area contributed by atoms with Gasteiger partial charge in [-0.15, -0.1) is 0 Å². The van der Waals surface area contributed by atoms with Crippen molar-refractivity contribution in [2.75, 3.05) is 5.32 Å². The third-order valence-electron chi connectivity index (χ3n) is 3.56. The summed E-state index contributed by atoms with van der Waals surface area (Å²) in [7, 11) is 0. The number of rotatable bonds is 3. The van der Waals surface area contributed by atoms with E-state index in [-0.39, 0.29) is 5.56 Å². The molecule has 0 saturated heterocycles. The highest BCUT2D eigenvalue weighted by Gasteiger charge is 2.15. The maximum Gasteiger partial charge on any atom is 0.256 e. The first-order chi connectivity index (χ1) is 11.5. The molecule has 0 bridgehead atoms. The number of carbonyl (C=O) groups excluding carboxylic acids is 1. The zero-order valence-corrected chi connectivity index (χ0v) is 14.8. The quantitative estimate of drug-likeness (QED) is 0.711. The molecule has 3 aromatic rings. The van der Waals surface area contributed by atoms with Crippen molar-refractivity contribution >= 4 is 27.5 Å². The van der Waals surface area contributed by atoms with E-state index in [1.165, 1.54) is 18.2 Å². The number of para-hydroxylation sites is 2. The number of amides is 1. The fraction of sp³-hybridized carbons (Fsp3) is 0.111. The topological polar surface area (TPSA) is 46.9 Å². The molecule has 1 amide bonds. The van der Waals surface area contributed by atoms with Crippen molar-refractivity contribution in [2.45, 2.75) is 13.8 Å². The highest BCUT2D eigenvalue weighted by atomic mass is 79.9. The first-order valence-corrected chi connectivity index (χ1v) is 8.14. The molecule has 1 heterocycles. The SMILES string of the molecule is Cc1cc(C)n(-c2ccccc2NC(=O)c2cc(F)ccc2Br)n1. The molecule has 24 heavy (non-hydrogen) atoms. The van der Waals surface area contributed by atoms with E-state index in [2.05, 4.69) is 26.3 Å². The van der Waals surface area contributed by atoms with Crippen molar-refractivity contribution in [1.29, 1.82) is 0 Å². The molecule has 0 unspecified atom stereocenters. The summed E-state index contributed by atoms with van der Waals surface area (Å²) < 4.78 is 15.7. The smallest absolute Gasteiger partial charge is 0.256 e. The summed E-state index contributed by atoms with van der Waals surface area (Å²) in [4.78, 5) is 12.5. The molecule has 0 saturated carbocycles. The second-order valence-corrected chi connectivity index (χ2v) is 6.29. The minimum absolute atomic E-state index is 0.234. The second kappa shape index (κ2) is 6.57. The van der Waals surface area contributed by atoms with E-state index in [4.69, 9.17) is 0 Å². The average molecular weight is 388 g/mol. The van der Waals surface area contributed by atoms with Gasteiger partial charge in [0.2, 0.25) is 0 Å². The highest BCUT2D eigenvalue weighted by molar-refractivity contribution is 9.10. The predicted octanol–water partition coefficient (Wildman–Crippen LogP) is 4.64. The fourth-order valence-corrected chi connectivity index (χ4v) is 2.92. The van der Waals surface area contributed by atoms with Crippen LogP contribution in [0, 0.1) is 19.7 Å². The Morgan fingerprint density at radius 3 is 2.62 bits per heavy atom. The van der Waals surface area contributed by atoms with Crippen molar-refractivity contribution in [3.8, 4) is 5.69 Å². The van der Waals surface area contributed by atoms with Gasteiger partial charge in [-0.2, -0.15) is 5.10 Å². The number of aryl methyl sites for hydroxylation is 2. The Hall–Kier alpha value is -2.47. The van der Waals surface area contributed by atoms with Gasteiger partial charge in [0.1, 0.15) is 5.82 Å². The van der Waals surface area contributed by atoms with Gasteiger partial charge in [-0.1, -0.05) is 12.1 Å². The summed E-state index contributed by atoms with van der Waals surface area (Å²) in [6.07, 6.45) is 0. The van der Waals surface area contributed by atoms with E-state index in [1.807, 2.05) is 38.1 Å². The second-order valence-electron chi connectivity index (χ2n) is 5.43. The van der Waals surface area contributed by atoms with E-state index in [0.29, 0.717) is 10.2 Å². The molecular weight excluding hydrogens is 373 g/mol. The lowest BCUT2D eigenvalue weighted by Gasteiger charge is -2.13. The van der Waals surface area contributed by atoms with Crippen molar-refractivity contribution in [2.24, 2.45) is 0 Å². The van der Waals surface area contributed by atoms with Crippen molar-refractivity contribution in [1.82, 2.24) is 9.78 Å². The lowest BCUT2D eigenvalue weighted by molar-refractivity contribution is 0.102. The molecule has 0 aliphatic rings. The van der Waals surface area contributed by atoms with Crippen LogP contribution in [0.5, 0.6) is 0 Å². The molecule has 4 nitrogen and oxygen atoms in total. The lowest BCUT2D eigenvalue weighted by Crippen LogP contribution is -2.15. The summed E-state index contributed by atoms with van der Waals surface area (Å²) in [5, 5.41) is 7.28. The molecule has 1 N–H and O–H groups in total. The number of hydrogen-bond acceptors (Lipinski definition) is 2. The summed E-state index contributed by atoms with van der Waals surface area (Å²) in [5.41, 5.74) is 3.44. The number of aromatic nitrogens is 2. The zero-order valence-electron chi connectivity index (χ0n) is 13.2. The number of benzene rings is 2. The van der Waals surface area contributed by atoms with Gasteiger partial charge in [0.15, 0.2) is 0 Å². The van der Waals surface area contributed by atoms with Gasteiger partial charge in [0.05, 0.1) is 22.6 Å². The minimum atomic E-state index is -0.463. The number of carbonyl (C=O) groups is 1. The largest absolute Gasteiger partial charge is 0.320 e. The van der Waals surface area contributed by atoms with Crippen LogP contribution in [0.25, 0.3) is 5.69 Å². The summed E-state index contributed by atoms with van der Waals surface area (Å²) in [5.74, 6) is -0.856. The molecule has 1 aromatic heterocycles. The molecule has 0 spiro atoms. The monoisotopic (exact) mass is 387 g/mol. The van der Waals surface area contributed by atoms with Crippen LogP contribution in [0.15, 0.2) is 53.0 Å². The fourth-order valence-electron chi connectivity index (χ4n) is 2.50. The Morgan fingerprint density at radius 2 is 1.92 bits per heavy atom. The summed E-state index contributed by atoms with van der Waals surface area (Å²) >= 11 is 3.28. The van der Waals surface area contributed by atoms with Crippen LogP contribution in [0.4, 0.5) is 10.1 Å². The van der Waals surface area contributed by atoms with Crippen molar-refractivity contribution < 1.29 is 9.18 Å². The maximum absolute atomic E-state index is 13.4. The van der Waals surface area contributed by atoms with Crippen LogP contribution < -0.4 is 5.32 Å². The molecular formula is C18H15BrFN3O. The predicted molar refractivity (Wildman–Crippen MR) is 95.1 cm³/mol. The summed E-state index contributed by atoms with van der Waals surface area (Å²) in [6.45, 7) is 3.86. The number of hydrogen-bond donors (Lipinski definition) is 1. The third-order valence-corrected chi connectivity index (χ3v) is 4.25. The van der Waals surface area contributed by atoms with Crippen molar-refractivity contribution in [3.05, 3.63) is 75.8 Å². The molecule has 0 aliphatic carbocycles. The highest BCUT2D eigenvalue weighted by Crippen LogP contribution is 2.24. The van der Waals surface area contributed by atoms with Gasteiger partial charge >= 0.3 is 0 Å². The van der Waals surface area contributed by atoms with Crippen molar-refractivity contribution in [3.63, 3.8) is 0 Å². The van der Waals surface area contributed by atoms with Crippen LogP contribution in [-0.4, -0.2) is 15.7 Å². The number of nitrogens with one attached hydrogen (secondary N) is 1. The maximum atomic E-state index is 13.4. The molecule has 6 heteroatoms. The number of nitrogens with zero attached hydrogens (tertiary/aromatic N) is 2. The van der Waals surface area contributed by atoms with Crippen LogP contribution >= 0.6 is 15.9 Å². The average Bonchev–Trinajstić information content (AvgIpc) is 2.88. The Bertz CT molecular complexity index is 920. The van der Waals surface area contributed by atoms with Crippen LogP contribution in [-0.2, 0) is 0 Å². The molecule has 0 fully saturated rings. The normalized spacial score (nSPS) is 10.7. The Balaban J connectivity index is 1.98. The lowest BCUT2D eigenvalue weighted by atomic mass is 10.2. The van der Waals surface area contributed by atoms with E-state index >= 15 is 0 Å². The van der Waals surface area contributed by atoms with E-state index in [0.717, 1.165) is 17.1 Å². The minimum Gasteiger partial charge on any atom is -0.320 e. The van der Waals surface area contributed by atoms with Gasteiger partial charge in [0, 0.05) is 10.2 Å². The standard InChI is InChI=1S/C18H15BrFN3O/c1-11-9-12(2)23(22-11)17-6-4-3-5-16(17)21-18(24)14-10-13(20)7-8-15(14)19/h3-10H,1-2H3,(H,21,24). The number of anilines is 1. The van der Waals surface area contributed by atoms with Gasteiger partial charge in [-0.25, -0.2) is 9.07 Å². The summed E-state index contributed by atoms with van der Waals surface area (Å²) in [6, 6.07) is 13.3. The zero-order chi connectivity index (χ0) is 17.3. The van der Waals surface area contributed by atoms with Crippen LogP contribution in [0.1, 0.15) is 21.7 Å². The van der Waals surface area contributed by atoms with Gasteiger partial charge in [-0.05, 0) is 66.2 Å². The van der Waals surface area contributed by atoms with Gasteiger partial charge < -0.3 is 5.32 Å². The Kier molecular flexibility index (Phi) is 4.49. The first kappa shape index (κ1) is 16.4. The Morgan fingerprint density at radius 1 is 1.17 bits per heavy atom. The molecule has 0 aliphatic heterocycles. The molecule has 3 rings (SSSR count). The first-order valence-electron chi connectivity index (χ1n) is 7.35.